The lowest BCUT2D eigenvalue weighted by atomic mass is 10.1. The van der Waals surface area contributed by atoms with Gasteiger partial charge in [-0.2, -0.15) is 0 Å². The summed E-state index contributed by atoms with van der Waals surface area (Å²) in [7, 11) is 0. The van der Waals surface area contributed by atoms with Crippen molar-refractivity contribution in [1.29, 1.82) is 0 Å². The first-order valence-electron chi connectivity index (χ1n) is 3.89. The maximum absolute atomic E-state index is 5.23. The van der Waals surface area contributed by atoms with Gasteiger partial charge in [-0.3, -0.25) is 5.43 Å². The van der Waals surface area contributed by atoms with Gasteiger partial charge in [0.2, 0.25) is 5.96 Å². The normalized spacial score (nSPS) is 26.0. The Kier molecular flexibility index (Phi) is 2.88. The maximum atomic E-state index is 5.23. The number of hydrazine groups is 1. The van der Waals surface area contributed by atoms with Crippen LogP contribution in [0.25, 0.3) is 0 Å². The predicted octanol–water partition coefficient (Wildman–Crippen LogP) is 0.257. The fourth-order valence-corrected chi connectivity index (χ4v) is 1.14. The van der Waals surface area contributed by atoms with Crippen molar-refractivity contribution in [3.8, 4) is 0 Å². The van der Waals surface area contributed by atoms with Gasteiger partial charge in [-0.05, 0) is 13.0 Å². The third-order valence-corrected chi connectivity index (χ3v) is 1.60. The Bertz CT molecular complexity index is 229. The van der Waals surface area contributed by atoms with Gasteiger partial charge in [-0.25, -0.2) is 10.8 Å². The molecule has 0 radical (unpaired) electrons. The average Bonchev–Trinajstić information content (AvgIpc) is 2.04. The van der Waals surface area contributed by atoms with Crippen LogP contribution in [0.4, 0.5) is 0 Å². The monoisotopic (exact) mass is 166 g/mol. The van der Waals surface area contributed by atoms with E-state index in [1.165, 1.54) is 0 Å². The van der Waals surface area contributed by atoms with Crippen LogP contribution in [-0.2, 0) is 0 Å². The molecule has 0 bridgehead atoms. The molecule has 1 rings (SSSR count). The van der Waals surface area contributed by atoms with Crippen LogP contribution in [0.1, 0.15) is 13.3 Å². The zero-order valence-electron chi connectivity index (χ0n) is 7.17. The second-order valence-electron chi connectivity index (χ2n) is 2.73. The van der Waals surface area contributed by atoms with Crippen LogP contribution in [0.5, 0.6) is 0 Å². The molecule has 0 aromatic carbocycles. The Hall–Kier alpha value is -1.29. The molecule has 1 aliphatic heterocycles. The summed E-state index contributed by atoms with van der Waals surface area (Å²) in [6.45, 7) is 5.66. The Morgan fingerprint density at radius 2 is 2.58 bits per heavy atom. The Morgan fingerprint density at radius 3 is 3.17 bits per heavy atom. The van der Waals surface area contributed by atoms with Crippen LogP contribution < -0.4 is 16.6 Å². The molecule has 0 aliphatic carbocycles. The van der Waals surface area contributed by atoms with Crippen molar-refractivity contribution in [2.24, 2.45) is 10.8 Å². The van der Waals surface area contributed by atoms with Crippen molar-refractivity contribution in [2.45, 2.75) is 19.4 Å². The molecular weight excluding hydrogens is 152 g/mol. The molecule has 0 aromatic rings. The van der Waals surface area contributed by atoms with Crippen LogP contribution in [0, 0.1) is 0 Å². The highest BCUT2D eigenvalue weighted by Crippen LogP contribution is 2.09. The van der Waals surface area contributed by atoms with Crippen LogP contribution in [-0.4, -0.2) is 12.0 Å². The number of aliphatic imine (C=N–C) groups is 1. The fourth-order valence-electron chi connectivity index (χ4n) is 1.14. The molecule has 0 amide bonds. The summed E-state index contributed by atoms with van der Waals surface area (Å²) >= 11 is 0. The van der Waals surface area contributed by atoms with Crippen LogP contribution >= 0.6 is 0 Å². The molecule has 0 aromatic heterocycles. The third-order valence-electron chi connectivity index (χ3n) is 1.60. The first-order valence-corrected chi connectivity index (χ1v) is 3.89. The van der Waals surface area contributed by atoms with Crippen molar-refractivity contribution in [3.63, 3.8) is 0 Å². The van der Waals surface area contributed by atoms with E-state index in [1.54, 1.807) is 6.08 Å². The molecule has 1 atom stereocenters. The number of rotatable bonds is 1. The molecule has 0 saturated heterocycles. The van der Waals surface area contributed by atoms with Gasteiger partial charge in [0.05, 0.1) is 6.04 Å². The summed E-state index contributed by atoms with van der Waals surface area (Å²) in [5.74, 6) is 5.84. The highest BCUT2D eigenvalue weighted by molar-refractivity contribution is 5.82. The van der Waals surface area contributed by atoms with E-state index >= 15 is 0 Å². The van der Waals surface area contributed by atoms with Crippen molar-refractivity contribution >= 4 is 5.96 Å². The summed E-state index contributed by atoms with van der Waals surface area (Å²) in [5.41, 5.74) is 3.57. The molecule has 4 nitrogen and oxygen atoms in total. The van der Waals surface area contributed by atoms with Gasteiger partial charge in [0.25, 0.3) is 0 Å². The van der Waals surface area contributed by atoms with Gasteiger partial charge in [0.15, 0.2) is 0 Å². The predicted molar refractivity (Wildman–Crippen MR) is 50.3 cm³/mol. The molecule has 66 valence electrons. The minimum absolute atomic E-state index is 0.267. The number of nitrogens with one attached hydrogen (secondary N) is 2. The third kappa shape index (κ3) is 2.10. The Labute approximate surface area is 72.2 Å². The van der Waals surface area contributed by atoms with Gasteiger partial charge in [0, 0.05) is 12.1 Å². The maximum Gasteiger partial charge on any atom is 0.210 e. The number of allylic oxidation sites excluding steroid dienone is 2. The van der Waals surface area contributed by atoms with Crippen molar-refractivity contribution in [2.75, 3.05) is 0 Å². The zero-order chi connectivity index (χ0) is 8.97. The number of nitrogens with zero attached hydrogens (tertiary/aromatic N) is 1. The fraction of sp³-hybridized carbons (Fsp3) is 0.375. The number of nitrogens with two attached hydrogens (primary N) is 1. The summed E-state index contributed by atoms with van der Waals surface area (Å²) in [5, 5.41) is 3.04. The number of hydrogen-bond donors (Lipinski definition) is 3. The van der Waals surface area contributed by atoms with Crippen LogP contribution in [0.3, 0.4) is 0 Å². The molecular formula is C8H14N4. The molecule has 0 saturated carbocycles. The first-order chi connectivity index (χ1) is 5.76. The van der Waals surface area contributed by atoms with E-state index in [2.05, 4.69) is 22.3 Å². The van der Waals surface area contributed by atoms with E-state index in [1.807, 2.05) is 13.0 Å². The van der Waals surface area contributed by atoms with E-state index in [0.29, 0.717) is 5.96 Å². The first kappa shape index (κ1) is 8.80. The van der Waals surface area contributed by atoms with Crippen molar-refractivity contribution in [1.82, 2.24) is 10.7 Å². The van der Waals surface area contributed by atoms with Gasteiger partial charge in [-0.15, -0.1) is 0 Å². The summed E-state index contributed by atoms with van der Waals surface area (Å²) in [4.78, 5) is 4.23. The summed E-state index contributed by atoms with van der Waals surface area (Å²) in [6, 6.07) is 0.267. The minimum Gasteiger partial charge on any atom is -0.329 e. The highest BCUT2D eigenvalue weighted by atomic mass is 15.3. The molecule has 1 heterocycles. The van der Waals surface area contributed by atoms with E-state index in [9.17, 15) is 0 Å². The second kappa shape index (κ2) is 3.92. The molecule has 4 heteroatoms. The molecule has 0 fully saturated rings. The quantitative estimate of drug-likeness (QED) is 0.387. The number of hydrogen-bond acceptors (Lipinski definition) is 4. The van der Waals surface area contributed by atoms with Gasteiger partial charge in [0.1, 0.15) is 0 Å². The van der Waals surface area contributed by atoms with Gasteiger partial charge < -0.3 is 5.32 Å². The van der Waals surface area contributed by atoms with E-state index in [0.717, 1.165) is 12.1 Å². The molecule has 0 spiro atoms. The number of guanidine groups is 1. The Balaban J connectivity index is 2.72. The summed E-state index contributed by atoms with van der Waals surface area (Å²) in [6.07, 6.45) is 4.56. The van der Waals surface area contributed by atoms with E-state index in [-0.39, 0.29) is 6.04 Å². The molecule has 4 N–H and O–H groups in total. The lowest BCUT2D eigenvalue weighted by Crippen LogP contribution is -2.44. The minimum atomic E-state index is 0.267. The molecule has 12 heavy (non-hydrogen) atoms. The topological polar surface area (TPSA) is 62.4 Å². The zero-order valence-corrected chi connectivity index (χ0v) is 7.17. The van der Waals surface area contributed by atoms with E-state index in [4.69, 9.17) is 5.84 Å². The SMILES string of the molecule is C=C/C=C1\CC(C)N=C(NN)N1. The van der Waals surface area contributed by atoms with E-state index < -0.39 is 0 Å². The van der Waals surface area contributed by atoms with Gasteiger partial charge in [-0.1, -0.05) is 12.7 Å². The van der Waals surface area contributed by atoms with Crippen LogP contribution in [0.15, 0.2) is 29.4 Å². The van der Waals surface area contributed by atoms with Crippen molar-refractivity contribution < 1.29 is 0 Å². The largest absolute Gasteiger partial charge is 0.329 e. The van der Waals surface area contributed by atoms with Crippen molar-refractivity contribution in [3.05, 3.63) is 24.4 Å². The Morgan fingerprint density at radius 1 is 1.83 bits per heavy atom. The lowest BCUT2D eigenvalue weighted by Gasteiger charge is -2.21. The standard InChI is InChI=1S/C8H14N4/c1-3-4-7-5-6(2)10-8(11-7)12-9/h3-4,6H,1,5,9H2,2H3,(H2,10,11,12)/b7-4+. The average molecular weight is 166 g/mol. The highest BCUT2D eigenvalue weighted by Gasteiger charge is 2.12. The second-order valence-corrected chi connectivity index (χ2v) is 2.73. The lowest BCUT2D eigenvalue weighted by molar-refractivity contribution is 0.663. The van der Waals surface area contributed by atoms with Gasteiger partial charge >= 0.3 is 0 Å². The summed E-state index contributed by atoms with van der Waals surface area (Å²) < 4.78 is 0. The smallest absolute Gasteiger partial charge is 0.210 e. The molecule has 1 unspecified atom stereocenters. The molecule has 1 aliphatic rings. The van der Waals surface area contributed by atoms with Crippen LogP contribution in [0.2, 0.25) is 0 Å².